The van der Waals surface area contributed by atoms with Crippen LogP contribution in [0.25, 0.3) is 0 Å². The number of carboxylic acids is 1. The van der Waals surface area contributed by atoms with Crippen LogP contribution in [0.5, 0.6) is 0 Å². The Kier molecular flexibility index (Phi) is 3.06. The van der Waals surface area contributed by atoms with E-state index in [1.165, 1.54) is 0 Å². The quantitative estimate of drug-likeness (QED) is 0.575. The number of esters is 1. The fourth-order valence-electron chi connectivity index (χ4n) is 1.20. The van der Waals surface area contributed by atoms with Crippen molar-refractivity contribution in [2.24, 2.45) is 0 Å². The summed E-state index contributed by atoms with van der Waals surface area (Å²) in [4.78, 5) is 32.7. The molecule has 0 aliphatic carbocycles. The van der Waals surface area contributed by atoms with Crippen molar-refractivity contribution >= 4 is 17.8 Å². The van der Waals surface area contributed by atoms with Gasteiger partial charge in [-0.05, 0) is 6.92 Å². The largest absolute Gasteiger partial charge is 0.481 e. The normalized spacial score (nSPS) is 27.5. The Hall–Kier alpha value is -1.59. The second-order valence-electron chi connectivity index (χ2n) is 3.17. The lowest BCUT2D eigenvalue weighted by Crippen LogP contribution is -2.40. The van der Waals surface area contributed by atoms with Crippen molar-refractivity contribution in [2.75, 3.05) is 0 Å². The molecule has 2 N–H and O–H groups in total. The monoisotopic (exact) mass is 201 g/mol. The van der Waals surface area contributed by atoms with Crippen LogP contribution in [-0.4, -0.2) is 35.1 Å². The van der Waals surface area contributed by atoms with Crippen LogP contribution in [0.2, 0.25) is 0 Å². The van der Waals surface area contributed by atoms with Gasteiger partial charge in [0.05, 0.1) is 12.8 Å². The fourth-order valence-corrected chi connectivity index (χ4v) is 1.20. The molecule has 1 rings (SSSR count). The summed E-state index contributed by atoms with van der Waals surface area (Å²) < 4.78 is 4.81. The molecule has 0 radical (unpaired) electrons. The Morgan fingerprint density at radius 1 is 1.64 bits per heavy atom. The lowest BCUT2D eigenvalue weighted by molar-refractivity contribution is -0.152. The predicted octanol–water partition coefficient (Wildman–Crippen LogP) is -0.719. The van der Waals surface area contributed by atoms with Crippen molar-refractivity contribution in [2.45, 2.75) is 31.9 Å². The third kappa shape index (κ3) is 2.72. The van der Waals surface area contributed by atoms with E-state index in [1.807, 2.05) is 0 Å². The van der Waals surface area contributed by atoms with Gasteiger partial charge in [-0.25, -0.2) is 4.79 Å². The summed E-state index contributed by atoms with van der Waals surface area (Å²) in [5.41, 5.74) is 0. The molecule has 1 aliphatic rings. The van der Waals surface area contributed by atoms with E-state index in [0.717, 1.165) is 0 Å². The summed E-state index contributed by atoms with van der Waals surface area (Å²) in [6.45, 7) is 1.58. The molecule has 0 bridgehead atoms. The zero-order valence-electron chi connectivity index (χ0n) is 7.65. The highest BCUT2D eigenvalue weighted by atomic mass is 16.5. The molecular formula is C8H11NO5. The molecule has 14 heavy (non-hydrogen) atoms. The number of rotatable bonds is 2. The van der Waals surface area contributed by atoms with E-state index < -0.39 is 30.5 Å². The van der Waals surface area contributed by atoms with E-state index in [4.69, 9.17) is 9.84 Å². The first kappa shape index (κ1) is 10.5. The van der Waals surface area contributed by atoms with Gasteiger partial charge < -0.3 is 15.2 Å². The Morgan fingerprint density at radius 2 is 2.29 bits per heavy atom. The van der Waals surface area contributed by atoms with Crippen LogP contribution in [0.4, 0.5) is 0 Å². The van der Waals surface area contributed by atoms with Gasteiger partial charge in [-0.1, -0.05) is 0 Å². The topological polar surface area (TPSA) is 92.7 Å². The van der Waals surface area contributed by atoms with Crippen molar-refractivity contribution in [1.82, 2.24) is 5.32 Å². The standard InChI is InChI=1S/C8H11NO5/c1-4-2-6(10)9-5(3-7(11)12)8(13)14-4/h4-5H,2-3H2,1H3,(H,9,10)(H,11,12). The van der Waals surface area contributed by atoms with Crippen LogP contribution < -0.4 is 5.32 Å². The zero-order valence-corrected chi connectivity index (χ0v) is 7.65. The van der Waals surface area contributed by atoms with Gasteiger partial charge in [0.25, 0.3) is 0 Å². The van der Waals surface area contributed by atoms with E-state index in [0.29, 0.717) is 0 Å². The molecular weight excluding hydrogens is 190 g/mol. The van der Waals surface area contributed by atoms with Gasteiger partial charge in [0.1, 0.15) is 12.1 Å². The summed E-state index contributed by atoms with van der Waals surface area (Å²) >= 11 is 0. The number of cyclic esters (lactones) is 1. The minimum absolute atomic E-state index is 0.0713. The maximum absolute atomic E-state index is 11.2. The van der Waals surface area contributed by atoms with Gasteiger partial charge in [0, 0.05) is 0 Å². The predicted molar refractivity (Wildman–Crippen MR) is 44.4 cm³/mol. The fraction of sp³-hybridized carbons (Fsp3) is 0.625. The first-order valence-electron chi connectivity index (χ1n) is 4.20. The van der Waals surface area contributed by atoms with Crippen molar-refractivity contribution in [3.63, 3.8) is 0 Å². The molecule has 2 atom stereocenters. The van der Waals surface area contributed by atoms with E-state index >= 15 is 0 Å². The zero-order chi connectivity index (χ0) is 10.7. The number of ether oxygens (including phenoxy) is 1. The Labute approximate surface area is 80.2 Å². The third-order valence-electron chi connectivity index (χ3n) is 1.79. The van der Waals surface area contributed by atoms with E-state index in [-0.39, 0.29) is 12.3 Å². The highest BCUT2D eigenvalue weighted by Gasteiger charge is 2.30. The number of aliphatic carboxylic acids is 1. The van der Waals surface area contributed by atoms with Crippen LogP contribution in [0.15, 0.2) is 0 Å². The molecule has 0 spiro atoms. The van der Waals surface area contributed by atoms with Crippen molar-refractivity contribution in [3.05, 3.63) is 0 Å². The first-order chi connectivity index (χ1) is 6.49. The Morgan fingerprint density at radius 3 is 2.86 bits per heavy atom. The molecule has 6 nitrogen and oxygen atoms in total. The minimum Gasteiger partial charge on any atom is -0.481 e. The van der Waals surface area contributed by atoms with E-state index in [1.54, 1.807) is 6.92 Å². The smallest absolute Gasteiger partial charge is 0.329 e. The highest BCUT2D eigenvalue weighted by molar-refractivity contribution is 5.89. The summed E-state index contributed by atoms with van der Waals surface area (Å²) in [6.07, 6.45) is -0.875. The lowest BCUT2D eigenvalue weighted by Gasteiger charge is -2.11. The van der Waals surface area contributed by atoms with Gasteiger partial charge in [-0.3, -0.25) is 9.59 Å². The van der Waals surface area contributed by atoms with Gasteiger partial charge >= 0.3 is 11.9 Å². The molecule has 0 saturated carbocycles. The number of carbonyl (C=O) groups is 3. The summed E-state index contributed by atoms with van der Waals surface area (Å²) in [7, 11) is 0. The van der Waals surface area contributed by atoms with Crippen LogP contribution in [-0.2, 0) is 19.1 Å². The van der Waals surface area contributed by atoms with Crippen LogP contribution in [0.1, 0.15) is 19.8 Å². The van der Waals surface area contributed by atoms with Crippen LogP contribution in [0, 0.1) is 0 Å². The van der Waals surface area contributed by atoms with Crippen LogP contribution >= 0.6 is 0 Å². The maximum atomic E-state index is 11.2. The third-order valence-corrected chi connectivity index (χ3v) is 1.79. The second-order valence-corrected chi connectivity index (χ2v) is 3.17. The molecule has 1 heterocycles. The van der Waals surface area contributed by atoms with Gasteiger partial charge in [-0.15, -0.1) is 0 Å². The molecule has 0 aromatic carbocycles. The molecule has 1 saturated heterocycles. The highest BCUT2D eigenvalue weighted by Crippen LogP contribution is 2.08. The average Bonchev–Trinajstić information content (AvgIpc) is 2.10. The van der Waals surface area contributed by atoms with E-state index in [9.17, 15) is 14.4 Å². The maximum Gasteiger partial charge on any atom is 0.329 e. The lowest BCUT2D eigenvalue weighted by atomic mass is 10.2. The molecule has 1 aliphatic heterocycles. The number of amides is 1. The van der Waals surface area contributed by atoms with Crippen molar-refractivity contribution in [1.29, 1.82) is 0 Å². The Bertz CT molecular complexity index is 275. The van der Waals surface area contributed by atoms with E-state index in [2.05, 4.69) is 5.32 Å². The van der Waals surface area contributed by atoms with Crippen LogP contribution in [0.3, 0.4) is 0 Å². The van der Waals surface area contributed by atoms with Gasteiger partial charge in [0.15, 0.2) is 0 Å². The SMILES string of the molecule is CC1CC(=O)NC(CC(=O)O)C(=O)O1. The van der Waals surface area contributed by atoms with Gasteiger partial charge in [0.2, 0.25) is 5.91 Å². The number of carboxylic acid groups (broad SMARTS) is 1. The number of hydrogen-bond donors (Lipinski definition) is 2. The molecule has 2 unspecified atom stereocenters. The average molecular weight is 201 g/mol. The second kappa shape index (κ2) is 4.08. The molecule has 78 valence electrons. The summed E-state index contributed by atoms with van der Waals surface area (Å²) in [5.74, 6) is -2.21. The number of nitrogens with one attached hydrogen (secondary N) is 1. The van der Waals surface area contributed by atoms with Crippen molar-refractivity contribution < 1.29 is 24.2 Å². The summed E-state index contributed by atoms with van der Waals surface area (Å²) in [5, 5.41) is 10.8. The van der Waals surface area contributed by atoms with Gasteiger partial charge in [-0.2, -0.15) is 0 Å². The molecule has 1 fully saturated rings. The molecule has 1 amide bonds. The first-order valence-corrected chi connectivity index (χ1v) is 4.20. The molecule has 0 aromatic rings. The number of hydrogen-bond acceptors (Lipinski definition) is 4. The molecule has 0 aromatic heterocycles. The van der Waals surface area contributed by atoms with Crippen molar-refractivity contribution in [3.8, 4) is 0 Å². The molecule has 6 heteroatoms. The minimum atomic E-state index is -1.15. The number of carbonyl (C=O) groups excluding carboxylic acids is 2. The summed E-state index contributed by atoms with van der Waals surface area (Å²) in [6, 6.07) is -1.06. The Balaban J connectivity index is 2.69.